The number of anilines is 1. The Morgan fingerprint density at radius 1 is 1.10 bits per heavy atom. The molecular weight excluding hydrogens is 397 g/mol. The van der Waals surface area contributed by atoms with Gasteiger partial charge in [-0.05, 0) is 54.4 Å². The average molecular weight is 417 g/mol. The highest BCUT2D eigenvalue weighted by Crippen LogP contribution is 2.28. The van der Waals surface area contributed by atoms with Crippen molar-refractivity contribution in [3.8, 4) is 17.1 Å². The molecule has 1 heterocycles. The number of aromatic nitrogens is 2. The number of rotatable bonds is 5. The predicted octanol–water partition coefficient (Wildman–Crippen LogP) is 4.11. The summed E-state index contributed by atoms with van der Waals surface area (Å²) < 4.78 is 15.0. The highest BCUT2D eigenvalue weighted by atomic mass is 19.1. The van der Waals surface area contributed by atoms with E-state index in [1.54, 1.807) is 48.5 Å². The molecule has 0 saturated heterocycles. The number of amides is 1. The van der Waals surface area contributed by atoms with Gasteiger partial charge in [0.25, 0.3) is 5.56 Å². The first-order chi connectivity index (χ1) is 14.9. The number of benzene rings is 3. The normalized spacial score (nSPS) is 10.9. The Balaban J connectivity index is 1.87. The summed E-state index contributed by atoms with van der Waals surface area (Å²) >= 11 is 0. The number of fused-ring (bicyclic) bond motifs is 1. The summed E-state index contributed by atoms with van der Waals surface area (Å²) in [5, 5.41) is 13.4. The zero-order chi connectivity index (χ0) is 22.0. The number of phenolic OH excluding ortho intramolecular Hbond substituents is 1. The number of nitrogens with one attached hydrogen (secondary N) is 1. The molecule has 1 aromatic heterocycles. The molecule has 31 heavy (non-hydrogen) atoms. The van der Waals surface area contributed by atoms with Gasteiger partial charge in [0, 0.05) is 19.2 Å². The molecule has 156 valence electrons. The van der Waals surface area contributed by atoms with E-state index in [1.807, 2.05) is 0 Å². The van der Waals surface area contributed by atoms with Crippen LogP contribution < -0.4 is 10.9 Å². The Morgan fingerprint density at radius 3 is 2.65 bits per heavy atom. The monoisotopic (exact) mass is 417 g/mol. The van der Waals surface area contributed by atoms with E-state index >= 15 is 0 Å². The molecule has 6 nitrogen and oxygen atoms in total. The summed E-state index contributed by atoms with van der Waals surface area (Å²) in [5.74, 6) is -0.269. The van der Waals surface area contributed by atoms with Crippen LogP contribution in [-0.2, 0) is 17.8 Å². The molecule has 0 unspecified atom stereocenters. The van der Waals surface area contributed by atoms with Crippen LogP contribution in [0.15, 0.2) is 71.5 Å². The van der Waals surface area contributed by atoms with Crippen LogP contribution in [0.4, 0.5) is 10.1 Å². The van der Waals surface area contributed by atoms with Crippen molar-refractivity contribution < 1.29 is 14.3 Å². The van der Waals surface area contributed by atoms with Gasteiger partial charge in [-0.1, -0.05) is 24.3 Å². The fourth-order valence-electron chi connectivity index (χ4n) is 3.51. The molecule has 7 heteroatoms. The van der Waals surface area contributed by atoms with Crippen molar-refractivity contribution in [1.82, 2.24) is 9.55 Å². The van der Waals surface area contributed by atoms with Gasteiger partial charge in [0.15, 0.2) is 0 Å². The SMILES string of the molecule is CC(=O)Nc1ccc2nc(-c3ccccc3O)n(CCc3cccc(F)c3)c(=O)c2c1. The van der Waals surface area contributed by atoms with Crippen molar-refractivity contribution >= 4 is 22.5 Å². The number of halogens is 1. The molecule has 0 saturated carbocycles. The van der Waals surface area contributed by atoms with Crippen molar-refractivity contribution in [3.63, 3.8) is 0 Å². The van der Waals surface area contributed by atoms with Gasteiger partial charge in [-0.2, -0.15) is 0 Å². The van der Waals surface area contributed by atoms with E-state index in [1.165, 1.54) is 29.7 Å². The smallest absolute Gasteiger partial charge is 0.261 e. The first-order valence-corrected chi connectivity index (χ1v) is 9.77. The van der Waals surface area contributed by atoms with Gasteiger partial charge in [0.2, 0.25) is 5.91 Å². The van der Waals surface area contributed by atoms with Gasteiger partial charge in [-0.15, -0.1) is 0 Å². The molecule has 0 bridgehead atoms. The third-order valence-electron chi connectivity index (χ3n) is 4.93. The molecule has 0 aliphatic carbocycles. The Hall–Kier alpha value is -4.00. The standard InChI is InChI=1S/C24H20FN3O3/c1-15(29)26-18-9-10-21-20(14-18)24(31)28(12-11-16-5-4-6-17(25)13-16)23(27-21)19-7-2-3-8-22(19)30/h2-10,13-14,30H,11-12H2,1H3,(H,26,29). The lowest BCUT2D eigenvalue weighted by Gasteiger charge is -2.15. The summed E-state index contributed by atoms with van der Waals surface area (Å²) in [6.45, 7) is 1.63. The lowest BCUT2D eigenvalue weighted by molar-refractivity contribution is -0.114. The van der Waals surface area contributed by atoms with E-state index in [0.29, 0.717) is 34.4 Å². The van der Waals surface area contributed by atoms with E-state index in [0.717, 1.165) is 5.56 Å². The fraction of sp³-hybridized carbons (Fsp3) is 0.125. The summed E-state index contributed by atoms with van der Waals surface area (Å²) in [7, 11) is 0. The second-order valence-corrected chi connectivity index (χ2v) is 7.20. The quantitative estimate of drug-likeness (QED) is 0.512. The molecule has 3 aromatic carbocycles. The summed E-state index contributed by atoms with van der Waals surface area (Å²) in [4.78, 5) is 29.4. The summed E-state index contributed by atoms with van der Waals surface area (Å²) in [6.07, 6.45) is 0.400. The van der Waals surface area contributed by atoms with Gasteiger partial charge in [0.1, 0.15) is 17.4 Å². The van der Waals surface area contributed by atoms with Crippen LogP contribution >= 0.6 is 0 Å². The minimum absolute atomic E-state index is 0.00289. The molecule has 0 aliphatic rings. The van der Waals surface area contributed by atoms with Crippen LogP contribution in [0.5, 0.6) is 5.75 Å². The number of carbonyl (C=O) groups excluding carboxylic acids is 1. The molecule has 0 fully saturated rings. The number of para-hydroxylation sites is 1. The first kappa shape index (κ1) is 20.3. The van der Waals surface area contributed by atoms with Gasteiger partial charge < -0.3 is 10.4 Å². The second-order valence-electron chi connectivity index (χ2n) is 7.20. The topological polar surface area (TPSA) is 84.2 Å². The minimum Gasteiger partial charge on any atom is -0.507 e. The highest BCUT2D eigenvalue weighted by Gasteiger charge is 2.16. The van der Waals surface area contributed by atoms with Crippen molar-refractivity contribution in [2.24, 2.45) is 0 Å². The van der Waals surface area contributed by atoms with Crippen LogP contribution in [-0.4, -0.2) is 20.6 Å². The maximum Gasteiger partial charge on any atom is 0.261 e. The maximum absolute atomic E-state index is 13.6. The number of aromatic hydroxyl groups is 1. The molecule has 0 spiro atoms. The average Bonchev–Trinajstić information content (AvgIpc) is 2.73. The van der Waals surface area contributed by atoms with Crippen LogP contribution in [0.2, 0.25) is 0 Å². The van der Waals surface area contributed by atoms with E-state index < -0.39 is 0 Å². The third-order valence-corrected chi connectivity index (χ3v) is 4.93. The highest BCUT2D eigenvalue weighted by molar-refractivity contribution is 5.92. The summed E-state index contributed by atoms with van der Waals surface area (Å²) in [6, 6.07) is 17.8. The Kier molecular flexibility index (Phi) is 5.49. The largest absolute Gasteiger partial charge is 0.507 e. The van der Waals surface area contributed by atoms with Gasteiger partial charge in [0.05, 0.1) is 16.5 Å². The third kappa shape index (κ3) is 4.30. The lowest BCUT2D eigenvalue weighted by Crippen LogP contribution is -2.24. The van der Waals surface area contributed by atoms with Crippen LogP contribution in [0.3, 0.4) is 0 Å². The van der Waals surface area contributed by atoms with Crippen LogP contribution in [0.25, 0.3) is 22.3 Å². The number of hydrogen-bond acceptors (Lipinski definition) is 4. The molecule has 2 N–H and O–H groups in total. The molecular formula is C24H20FN3O3. The Morgan fingerprint density at radius 2 is 1.90 bits per heavy atom. The van der Waals surface area contributed by atoms with Crippen molar-refractivity contribution in [2.75, 3.05) is 5.32 Å². The van der Waals surface area contributed by atoms with Crippen molar-refractivity contribution in [2.45, 2.75) is 19.9 Å². The zero-order valence-corrected chi connectivity index (χ0v) is 16.8. The molecule has 0 atom stereocenters. The number of phenols is 1. The molecule has 1 amide bonds. The van der Waals surface area contributed by atoms with Crippen molar-refractivity contribution in [3.05, 3.63) is 88.5 Å². The Bertz CT molecular complexity index is 1350. The summed E-state index contributed by atoms with van der Waals surface area (Å²) in [5.41, 5.74) is 1.78. The number of hydrogen-bond donors (Lipinski definition) is 2. The van der Waals surface area contributed by atoms with E-state index in [4.69, 9.17) is 0 Å². The number of nitrogens with zero attached hydrogens (tertiary/aromatic N) is 2. The zero-order valence-electron chi connectivity index (χ0n) is 16.8. The lowest BCUT2D eigenvalue weighted by atomic mass is 10.1. The first-order valence-electron chi connectivity index (χ1n) is 9.77. The van der Waals surface area contributed by atoms with Gasteiger partial charge in [-0.25, -0.2) is 9.37 Å². The van der Waals surface area contributed by atoms with Gasteiger partial charge >= 0.3 is 0 Å². The predicted molar refractivity (Wildman–Crippen MR) is 118 cm³/mol. The van der Waals surface area contributed by atoms with Crippen LogP contribution in [0, 0.1) is 5.82 Å². The van der Waals surface area contributed by atoms with Gasteiger partial charge in [-0.3, -0.25) is 14.2 Å². The molecule has 4 aromatic rings. The molecule has 0 radical (unpaired) electrons. The second kappa shape index (κ2) is 8.39. The molecule has 0 aliphatic heterocycles. The van der Waals surface area contributed by atoms with Crippen LogP contribution in [0.1, 0.15) is 12.5 Å². The Labute approximate surface area is 177 Å². The minimum atomic E-state index is -0.345. The maximum atomic E-state index is 13.6. The van der Waals surface area contributed by atoms with E-state index in [-0.39, 0.29) is 29.6 Å². The van der Waals surface area contributed by atoms with Crippen molar-refractivity contribution in [1.29, 1.82) is 0 Å². The molecule has 4 rings (SSSR count). The number of carbonyl (C=O) groups is 1. The van der Waals surface area contributed by atoms with E-state index in [9.17, 15) is 19.1 Å². The van der Waals surface area contributed by atoms with E-state index in [2.05, 4.69) is 10.3 Å². The number of aryl methyl sites for hydroxylation is 1. The fourth-order valence-corrected chi connectivity index (χ4v) is 3.51.